The van der Waals surface area contributed by atoms with Crippen LogP contribution in [0.2, 0.25) is 0 Å². The second-order valence-electron chi connectivity index (χ2n) is 8.27. The van der Waals surface area contributed by atoms with E-state index in [0.29, 0.717) is 16.4 Å². The van der Waals surface area contributed by atoms with Crippen molar-refractivity contribution in [2.45, 2.75) is 54.6 Å². The van der Waals surface area contributed by atoms with Crippen LogP contribution in [-0.4, -0.2) is 40.8 Å². The van der Waals surface area contributed by atoms with Gasteiger partial charge in [-0.2, -0.15) is 0 Å². The number of nitrogens with two attached hydrogens (primary N) is 1. The lowest BCUT2D eigenvalue weighted by atomic mass is 9.95. The Balaban J connectivity index is 1.78. The van der Waals surface area contributed by atoms with Crippen molar-refractivity contribution in [1.82, 2.24) is 9.97 Å². The highest BCUT2D eigenvalue weighted by molar-refractivity contribution is 7.98. The van der Waals surface area contributed by atoms with Crippen molar-refractivity contribution in [3.05, 3.63) is 65.6 Å². The van der Waals surface area contributed by atoms with Gasteiger partial charge in [0.05, 0.1) is 10.6 Å². The molecule has 0 radical (unpaired) electrons. The number of aliphatic hydroxyl groups is 1. The minimum atomic E-state index is -3.83. The number of rotatable bonds is 10. The molecule has 2 unspecified atom stereocenters. The molecule has 5 N–H and O–H groups in total. The number of sulfonamides is 1. The van der Waals surface area contributed by atoms with Crippen LogP contribution in [0.3, 0.4) is 0 Å². The maximum Gasteiger partial charge on any atom is 0.341 e. The maximum absolute atomic E-state index is 11.9. The fraction of sp³-hybridized carbons (Fsp3) is 0.333. The zero-order chi connectivity index (χ0) is 25.1. The smallest absolute Gasteiger partial charge is 0.341 e. The van der Waals surface area contributed by atoms with Crippen LogP contribution in [-0.2, 0) is 26.8 Å². The van der Waals surface area contributed by atoms with Gasteiger partial charge in [-0.15, -0.1) is 11.8 Å². The quantitative estimate of drug-likeness (QED) is 0.307. The second-order valence-corrected chi connectivity index (χ2v) is 10.6. The van der Waals surface area contributed by atoms with E-state index in [1.54, 1.807) is 24.5 Å². The first-order valence-corrected chi connectivity index (χ1v) is 13.6. The number of primary sulfonamides is 1. The molecule has 0 spiro atoms. The Labute approximate surface area is 203 Å². The van der Waals surface area contributed by atoms with Crippen molar-refractivity contribution in [3.63, 3.8) is 0 Å². The van der Waals surface area contributed by atoms with Crippen LogP contribution >= 0.6 is 11.8 Å². The Hall–Kier alpha value is -2.66. The normalized spacial score (nSPS) is 14.5. The predicted octanol–water partition coefficient (Wildman–Crippen LogP) is 3.86. The van der Waals surface area contributed by atoms with Gasteiger partial charge in [-0.25, -0.2) is 23.3 Å². The second kappa shape index (κ2) is 10.3. The summed E-state index contributed by atoms with van der Waals surface area (Å²) in [7, 11) is -3.83. The van der Waals surface area contributed by atoms with E-state index >= 15 is 0 Å². The lowest BCUT2D eigenvalue weighted by Crippen LogP contribution is -2.32. The van der Waals surface area contributed by atoms with Gasteiger partial charge in [-0.1, -0.05) is 49.4 Å². The number of aromatic nitrogens is 2. The molecule has 10 heteroatoms. The van der Waals surface area contributed by atoms with E-state index in [9.17, 15) is 23.4 Å². The average Bonchev–Trinajstić information content (AvgIpc) is 3.24. The molecule has 0 aliphatic carbocycles. The van der Waals surface area contributed by atoms with Crippen LogP contribution in [0.15, 0.2) is 58.5 Å². The van der Waals surface area contributed by atoms with E-state index in [2.05, 4.69) is 9.97 Å². The van der Waals surface area contributed by atoms with Gasteiger partial charge >= 0.3 is 5.97 Å². The average molecular weight is 504 g/mol. The highest BCUT2D eigenvalue weighted by atomic mass is 32.2. The van der Waals surface area contributed by atoms with Gasteiger partial charge in [0.15, 0.2) is 0 Å². The lowest BCUT2D eigenvalue weighted by molar-refractivity contribution is -0.158. The number of hydrogen-bond acceptors (Lipinski definition) is 6. The molecule has 0 saturated carbocycles. The number of aromatic amines is 1. The summed E-state index contributed by atoms with van der Waals surface area (Å²) >= 11 is 1.29. The molecule has 0 amide bonds. The number of H-pyrrole nitrogens is 1. The number of carboxylic acids is 1. The molecule has 1 aromatic heterocycles. The van der Waals surface area contributed by atoms with E-state index in [-0.39, 0.29) is 16.5 Å². The molecule has 0 aliphatic heterocycles. The van der Waals surface area contributed by atoms with Gasteiger partial charge in [0, 0.05) is 11.5 Å². The summed E-state index contributed by atoms with van der Waals surface area (Å²) in [4.78, 5) is 19.2. The zero-order valence-corrected chi connectivity index (χ0v) is 20.9. The molecular weight excluding hydrogens is 474 g/mol. The lowest BCUT2D eigenvalue weighted by Gasteiger charge is -2.17. The highest BCUT2D eigenvalue weighted by Gasteiger charge is 2.37. The van der Waals surface area contributed by atoms with Crippen molar-refractivity contribution >= 4 is 27.8 Å². The van der Waals surface area contributed by atoms with Gasteiger partial charge in [0.25, 0.3) is 0 Å². The van der Waals surface area contributed by atoms with Crippen molar-refractivity contribution < 1.29 is 23.4 Å². The van der Waals surface area contributed by atoms with E-state index in [1.165, 1.54) is 24.8 Å². The Kier molecular flexibility index (Phi) is 7.87. The van der Waals surface area contributed by atoms with Crippen LogP contribution < -0.4 is 5.14 Å². The molecule has 3 aromatic rings. The molecule has 3 rings (SSSR count). The standard InChI is InChI=1S/C24H29N3O5S2/c1-4-16(21-26-20(22(27-21)33-3)24(2,30)23(28)29)12-9-15-10-13-17(14-11-15)18-7-5-6-8-19(18)34(25,31)32/h5-8,10-11,13-14,16,30H,4,9,12H2,1-3H3,(H,26,27)(H,28,29)(H2,25,31,32). The maximum atomic E-state index is 11.9. The number of aryl methyl sites for hydroxylation is 1. The number of benzene rings is 2. The third-order valence-corrected chi connectivity index (χ3v) is 7.56. The fourth-order valence-electron chi connectivity index (χ4n) is 3.83. The number of hydrogen-bond donors (Lipinski definition) is 4. The Morgan fingerprint density at radius 2 is 1.85 bits per heavy atom. The Bertz CT molecular complexity index is 1270. The Morgan fingerprint density at radius 1 is 1.21 bits per heavy atom. The van der Waals surface area contributed by atoms with Crippen molar-refractivity contribution in [2.75, 3.05) is 6.26 Å². The predicted molar refractivity (Wildman–Crippen MR) is 132 cm³/mol. The van der Waals surface area contributed by atoms with E-state index < -0.39 is 21.6 Å². The fourth-order valence-corrected chi connectivity index (χ4v) is 5.24. The number of nitrogens with zero attached hydrogens (tertiary/aromatic N) is 1. The topological polar surface area (TPSA) is 146 Å². The molecule has 0 bridgehead atoms. The molecule has 0 saturated heterocycles. The summed E-state index contributed by atoms with van der Waals surface area (Å²) in [6, 6.07) is 14.3. The number of carboxylic acid groups (broad SMARTS) is 1. The van der Waals surface area contributed by atoms with Gasteiger partial charge in [-0.3, -0.25) is 0 Å². The molecule has 34 heavy (non-hydrogen) atoms. The largest absolute Gasteiger partial charge is 0.479 e. The molecular formula is C24H29N3O5S2. The zero-order valence-electron chi connectivity index (χ0n) is 19.3. The van der Waals surface area contributed by atoms with Gasteiger partial charge < -0.3 is 15.2 Å². The number of carbonyl (C=O) groups is 1. The van der Waals surface area contributed by atoms with Crippen LogP contribution in [0.5, 0.6) is 0 Å². The van der Waals surface area contributed by atoms with Gasteiger partial charge in [0.1, 0.15) is 10.9 Å². The van der Waals surface area contributed by atoms with Crippen molar-refractivity contribution in [2.24, 2.45) is 5.14 Å². The van der Waals surface area contributed by atoms with Crippen LogP contribution in [0.4, 0.5) is 0 Å². The van der Waals surface area contributed by atoms with Crippen LogP contribution in [0.25, 0.3) is 11.1 Å². The minimum Gasteiger partial charge on any atom is -0.479 e. The van der Waals surface area contributed by atoms with Crippen molar-refractivity contribution in [1.29, 1.82) is 0 Å². The molecule has 0 aliphatic rings. The minimum absolute atomic E-state index is 0.0482. The first-order chi connectivity index (χ1) is 16.0. The number of nitrogens with one attached hydrogen (secondary N) is 1. The molecule has 2 aromatic carbocycles. The monoisotopic (exact) mass is 503 g/mol. The molecule has 1 heterocycles. The highest BCUT2D eigenvalue weighted by Crippen LogP contribution is 2.33. The number of imidazole rings is 1. The third kappa shape index (κ3) is 5.52. The number of aliphatic carboxylic acids is 1. The summed E-state index contributed by atoms with van der Waals surface area (Å²) in [5, 5.41) is 25.6. The summed E-state index contributed by atoms with van der Waals surface area (Å²) in [6.07, 6.45) is 4.09. The summed E-state index contributed by atoms with van der Waals surface area (Å²) < 4.78 is 23.8. The number of thioether (sulfide) groups is 1. The van der Waals surface area contributed by atoms with Crippen LogP contribution in [0.1, 0.15) is 49.7 Å². The van der Waals surface area contributed by atoms with E-state index in [1.807, 2.05) is 31.2 Å². The SMILES string of the molecule is CCC(CCc1ccc(-c2ccccc2S(N)(=O)=O)cc1)c1nc(SC)c(C(C)(O)C(=O)O)[nH]1. The first kappa shape index (κ1) is 26.0. The molecule has 0 fully saturated rings. The molecule has 8 nitrogen and oxygen atoms in total. The summed E-state index contributed by atoms with van der Waals surface area (Å²) in [5.41, 5.74) is 0.534. The van der Waals surface area contributed by atoms with E-state index in [4.69, 9.17) is 5.14 Å². The van der Waals surface area contributed by atoms with Crippen LogP contribution in [0, 0.1) is 0 Å². The van der Waals surface area contributed by atoms with E-state index in [0.717, 1.165) is 30.4 Å². The molecule has 2 atom stereocenters. The third-order valence-electron chi connectivity index (χ3n) is 5.91. The van der Waals surface area contributed by atoms with Gasteiger partial charge in [-0.05, 0) is 49.6 Å². The Morgan fingerprint density at radius 3 is 2.41 bits per heavy atom. The van der Waals surface area contributed by atoms with Gasteiger partial charge in [0.2, 0.25) is 15.6 Å². The summed E-state index contributed by atoms with van der Waals surface area (Å²) in [5.74, 6) is -0.635. The molecule has 182 valence electrons. The van der Waals surface area contributed by atoms with Crippen molar-refractivity contribution in [3.8, 4) is 11.1 Å². The first-order valence-electron chi connectivity index (χ1n) is 10.8. The summed E-state index contributed by atoms with van der Waals surface area (Å²) in [6.45, 7) is 3.27.